The first-order valence-corrected chi connectivity index (χ1v) is 7.99. The molecule has 0 saturated heterocycles. The topological polar surface area (TPSA) is 82.7 Å². The summed E-state index contributed by atoms with van der Waals surface area (Å²) in [5.41, 5.74) is 1.84. The van der Waals surface area contributed by atoms with Crippen LogP contribution in [0.4, 0.5) is 0 Å². The molecule has 128 valence electrons. The molecule has 0 aliphatic carbocycles. The number of aliphatic hydroxyl groups is 1. The molecule has 2 aromatic rings. The van der Waals surface area contributed by atoms with E-state index in [4.69, 9.17) is 4.52 Å². The van der Waals surface area contributed by atoms with Crippen molar-refractivity contribution in [1.29, 1.82) is 0 Å². The highest BCUT2D eigenvalue weighted by molar-refractivity contribution is 14.0. The normalized spacial score (nSPS) is 14.0. The molecule has 2 heterocycles. The van der Waals surface area contributed by atoms with Crippen LogP contribution in [0.25, 0.3) is 0 Å². The average molecular weight is 450 g/mol. The van der Waals surface area contributed by atoms with Crippen LogP contribution in [-0.4, -0.2) is 29.8 Å². The summed E-state index contributed by atoms with van der Waals surface area (Å²) in [5.74, 6) is 1.42. The van der Waals surface area contributed by atoms with Gasteiger partial charge in [-0.05, 0) is 43.2 Å². The zero-order valence-corrected chi connectivity index (χ0v) is 16.9. The number of aryl methyl sites for hydroxylation is 2. The highest BCUT2D eigenvalue weighted by atomic mass is 127. The molecule has 0 aliphatic heterocycles. The summed E-state index contributed by atoms with van der Waals surface area (Å²) in [4.78, 5) is 4.17. The number of thiophene rings is 1. The van der Waals surface area contributed by atoms with Crippen LogP contribution in [0.15, 0.2) is 26.3 Å². The van der Waals surface area contributed by atoms with Gasteiger partial charge in [-0.3, -0.25) is 4.99 Å². The van der Waals surface area contributed by atoms with E-state index in [1.165, 1.54) is 0 Å². The smallest absolute Gasteiger partial charge is 0.191 e. The second kappa shape index (κ2) is 8.65. The lowest BCUT2D eigenvalue weighted by Crippen LogP contribution is -2.44. The standard InChI is InChI=1S/C15H22N4O2S.HI/c1-10-13(11(2)21-19-10)7-17-14(16-4)18-9-15(3,20)12-5-6-22-8-12;/h5-6,8,20H,7,9H2,1-4H3,(H2,16,17,18);1H. The van der Waals surface area contributed by atoms with E-state index < -0.39 is 5.60 Å². The number of aliphatic imine (C=N–C) groups is 1. The Bertz CT molecular complexity index is 618. The maximum absolute atomic E-state index is 10.5. The zero-order valence-electron chi connectivity index (χ0n) is 13.7. The Morgan fingerprint density at radius 2 is 2.17 bits per heavy atom. The van der Waals surface area contributed by atoms with Crippen molar-refractivity contribution in [3.63, 3.8) is 0 Å². The van der Waals surface area contributed by atoms with Crippen molar-refractivity contribution in [1.82, 2.24) is 15.8 Å². The van der Waals surface area contributed by atoms with Crippen molar-refractivity contribution in [2.24, 2.45) is 4.99 Å². The molecule has 0 aromatic carbocycles. The third-order valence-electron chi connectivity index (χ3n) is 3.58. The van der Waals surface area contributed by atoms with Gasteiger partial charge in [-0.25, -0.2) is 0 Å². The van der Waals surface area contributed by atoms with E-state index in [9.17, 15) is 5.11 Å². The maximum atomic E-state index is 10.5. The molecule has 0 fully saturated rings. The molecule has 1 atom stereocenters. The Labute approximate surface area is 157 Å². The maximum Gasteiger partial charge on any atom is 0.191 e. The Hall–Kier alpha value is -1.13. The first kappa shape index (κ1) is 19.9. The van der Waals surface area contributed by atoms with Crippen LogP contribution < -0.4 is 10.6 Å². The largest absolute Gasteiger partial charge is 0.384 e. The van der Waals surface area contributed by atoms with Crippen LogP contribution >= 0.6 is 35.3 Å². The molecule has 0 spiro atoms. The van der Waals surface area contributed by atoms with Crippen molar-refractivity contribution < 1.29 is 9.63 Å². The predicted molar refractivity (Wildman–Crippen MR) is 103 cm³/mol. The van der Waals surface area contributed by atoms with Crippen LogP contribution in [0.3, 0.4) is 0 Å². The quantitative estimate of drug-likeness (QED) is 0.371. The fourth-order valence-electron chi connectivity index (χ4n) is 2.08. The SMILES string of the molecule is CN=C(NCc1c(C)noc1C)NCC(C)(O)c1ccsc1.I. The Kier molecular flexibility index (Phi) is 7.49. The molecule has 2 aromatic heterocycles. The van der Waals surface area contributed by atoms with E-state index in [1.54, 1.807) is 25.3 Å². The van der Waals surface area contributed by atoms with Crippen molar-refractivity contribution >= 4 is 41.3 Å². The van der Waals surface area contributed by atoms with Crippen molar-refractivity contribution in [2.45, 2.75) is 32.9 Å². The number of aromatic nitrogens is 1. The van der Waals surface area contributed by atoms with Gasteiger partial charge in [0.2, 0.25) is 0 Å². The van der Waals surface area contributed by atoms with Gasteiger partial charge >= 0.3 is 0 Å². The first-order valence-electron chi connectivity index (χ1n) is 7.05. The van der Waals surface area contributed by atoms with Gasteiger partial charge in [0, 0.05) is 19.2 Å². The van der Waals surface area contributed by atoms with E-state index in [-0.39, 0.29) is 24.0 Å². The second-order valence-electron chi connectivity index (χ2n) is 5.37. The van der Waals surface area contributed by atoms with Gasteiger partial charge in [-0.15, -0.1) is 24.0 Å². The molecule has 3 N–H and O–H groups in total. The summed E-state index contributed by atoms with van der Waals surface area (Å²) in [6.45, 7) is 6.51. The number of halogens is 1. The summed E-state index contributed by atoms with van der Waals surface area (Å²) < 4.78 is 5.14. The summed E-state index contributed by atoms with van der Waals surface area (Å²) in [6.07, 6.45) is 0. The minimum atomic E-state index is -0.944. The van der Waals surface area contributed by atoms with Gasteiger partial charge in [0.25, 0.3) is 0 Å². The Morgan fingerprint density at radius 1 is 1.43 bits per heavy atom. The summed E-state index contributed by atoms with van der Waals surface area (Å²) in [6, 6.07) is 1.92. The molecular formula is C15H23IN4O2S. The van der Waals surface area contributed by atoms with Gasteiger partial charge in [0.05, 0.1) is 12.2 Å². The molecule has 8 heteroatoms. The molecule has 0 radical (unpaired) electrons. The number of rotatable bonds is 5. The van der Waals surface area contributed by atoms with E-state index in [0.717, 1.165) is 22.6 Å². The van der Waals surface area contributed by atoms with Crippen LogP contribution in [0, 0.1) is 13.8 Å². The number of nitrogens with one attached hydrogen (secondary N) is 2. The lowest BCUT2D eigenvalue weighted by atomic mass is 9.99. The van der Waals surface area contributed by atoms with Crippen molar-refractivity contribution in [3.05, 3.63) is 39.4 Å². The van der Waals surface area contributed by atoms with Crippen LogP contribution in [0.1, 0.15) is 29.5 Å². The third kappa shape index (κ3) is 5.18. The monoisotopic (exact) mass is 450 g/mol. The van der Waals surface area contributed by atoms with E-state index in [2.05, 4.69) is 20.8 Å². The van der Waals surface area contributed by atoms with Gasteiger partial charge in [0.1, 0.15) is 11.4 Å². The highest BCUT2D eigenvalue weighted by Gasteiger charge is 2.23. The number of guanidine groups is 1. The minimum absolute atomic E-state index is 0. The van der Waals surface area contributed by atoms with Crippen LogP contribution in [0.5, 0.6) is 0 Å². The Balaban J connectivity index is 0.00000264. The first-order chi connectivity index (χ1) is 10.4. The number of hydrogen-bond acceptors (Lipinski definition) is 5. The average Bonchev–Trinajstić information content (AvgIpc) is 3.12. The van der Waals surface area contributed by atoms with Gasteiger partial charge < -0.3 is 20.3 Å². The van der Waals surface area contributed by atoms with E-state index in [0.29, 0.717) is 19.0 Å². The molecule has 0 amide bonds. The number of nitrogens with zero attached hydrogens (tertiary/aromatic N) is 2. The molecule has 0 aliphatic rings. The zero-order chi connectivity index (χ0) is 16.2. The summed E-state index contributed by atoms with van der Waals surface area (Å²) >= 11 is 1.57. The number of hydrogen-bond donors (Lipinski definition) is 3. The summed E-state index contributed by atoms with van der Waals surface area (Å²) in [7, 11) is 1.70. The van der Waals surface area contributed by atoms with Gasteiger partial charge in [0.15, 0.2) is 5.96 Å². The second-order valence-corrected chi connectivity index (χ2v) is 6.15. The molecule has 6 nitrogen and oxygen atoms in total. The molecular weight excluding hydrogens is 427 g/mol. The fraction of sp³-hybridized carbons (Fsp3) is 0.467. The van der Waals surface area contributed by atoms with Crippen molar-refractivity contribution in [3.8, 4) is 0 Å². The van der Waals surface area contributed by atoms with Gasteiger partial charge in [-0.2, -0.15) is 11.3 Å². The van der Waals surface area contributed by atoms with Crippen LogP contribution in [0.2, 0.25) is 0 Å². The minimum Gasteiger partial charge on any atom is -0.384 e. The third-order valence-corrected chi connectivity index (χ3v) is 4.26. The molecule has 1 unspecified atom stereocenters. The van der Waals surface area contributed by atoms with Crippen LogP contribution in [-0.2, 0) is 12.1 Å². The van der Waals surface area contributed by atoms with Crippen molar-refractivity contribution in [2.75, 3.05) is 13.6 Å². The lowest BCUT2D eigenvalue weighted by molar-refractivity contribution is 0.0621. The fourth-order valence-corrected chi connectivity index (χ4v) is 2.86. The lowest BCUT2D eigenvalue weighted by Gasteiger charge is -2.24. The predicted octanol–water partition coefficient (Wildman–Crippen LogP) is 2.54. The van der Waals surface area contributed by atoms with E-state index in [1.807, 2.05) is 30.7 Å². The molecule has 0 saturated carbocycles. The Morgan fingerprint density at radius 3 is 2.70 bits per heavy atom. The van der Waals surface area contributed by atoms with E-state index >= 15 is 0 Å². The highest BCUT2D eigenvalue weighted by Crippen LogP contribution is 2.21. The molecule has 0 bridgehead atoms. The molecule has 2 rings (SSSR count). The molecule has 23 heavy (non-hydrogen) atoms. The van der Waals surface area contributed by atoms with Gasteiger partial charge in [-0.1, -0.05) is 5.16 Å². The summed E-state index contributed by atoms with van der Waals surface area (Å²) in [5, 5.41) is 24.7.